The van der Waals surface area contributed by atoms with Crippen molar-refractivity contribution in [2.45, 2.75) is 25.3 Å². The largest absolute Gasteiger partial charge is 0.505 e. The van der Waals surface area contributed by atoms with E-state index in [1.807, 2.05) is 25.1 Å². The summed E-state index contributed by atoms with van der Waals surface area (Å²) in [5.74, 6) is -0.462. The number of hydrogen-bond acceptors (Lipinski definition) is 3. The molecule has 0 aliphatic carbocycles. The molecule has 1 aromatic rings. The van der Waals surface area contributed by atoms with Crippen LogP contribution in [0.5, 0.6) is 5.75 Å². The van der Waals surface area contributed by atoms with Gasteiger partial charge in [0, 0.05) is 24.6 Å². The van der Waals surface area contributed by atoms with Gasteiger partial charge in [-0.05, 0) is 45.1 Å². The van der Waals surface area contributed by atoms with E-state index in [0.717, 1.165) is 37.1 Å². The van der Waals surface area contributed by atoms with Gasteiger partial charge in [0.1, 0.15) is 0 Å². The molecule has 2 rings (SSSR count). The van der Waals surface area contributed by atoms with Crippen molar-refractivity contribution in [1.82, 2.24) is 10.2 Å². The smallest absolute Gasteiger partial charge is 0.165 e. The Hall–Kier alpha value is -1.13. The van der Waals surface area contributed by atoms with Crippen molar-refractivity contribution in [3.05, 3.63) is 29.1 Å². The molecule has 0 spiro atoms. The summed E-state index contributed by atoms with van der Waals surface area (Å²) in [6, 6.07) is 3.37. The molecule has 1 aromatic carbocycles. The number of hydrogen-bond donors (Lipinski definition) is 2. The van der Waals surface area contributed by atoms with E-state index in [9.17, 15) is 9.50 Å². The van der Waals surface area contributed by atoms with Crippen molar-refractivity contribution in [2.75, 3.05) is 27.2 Å². The lowest BCUT2D eigenvalue weighted by molar-refractivity contribution is 0.387. The van der Waals surface area contributed by atoms with E-state index < -0.39 is 5.82 Å². The molecule has 1 atom stereocenters. The molecule has 1 aliphatic heterocycles. The first kappa shape index (κ1) is 13.3. The summed E-state index contributed by atoms with van der Waals surface area (Å²) in [5, 5.41) is 13.2. The highest BCUT2D eigenvalue weighted by molar-refractivity contribution is 5.40. The van der Waals surface area contributed by atoms with Crippen molar-refractivity contribution in [2.24, 2.45) is 0 Å². The molecule has 1 heterocycles. The van der Waals surface area contributed by atoms with E-state index in [0.29, 0.717) is 6.54 Å². The van der Waals surface area contributed by atoms with Crippen LogP contribution < -0.4 is 5.32 Å². The third-order valence-electron chi connectivity index (χ3n) is 3.39. The Bertz CT molecular complexity index is 415. The summed E-state index contributed by atoms with van der Waals surface area (Å²) in [4.78, 5) is 1.99. The van der Waals surface area contributed by atoms with Crippen molar-refractivity contribution in [1.29, 1.82) is 0 Å². The number of phenols is 1. The second-order valence-electron chi connectivity index (χ2n) is 5.30. The van der Waals surface area contributed by atoms with E-state index in [4.69, 9.17) is 0 Å². The van der Waals surface area contributed by atoms with E-state index >= 15 is 0 Å². The average molecular weight is 252 g/mol. The fourth-order valence-electron chi connectivity index (χ4n) is 2.56. The third-order valence-corrected chi connectivity index (χ3v) is 3.39. The van der Waals surface area contributed by atoms with Crippen molar-refractivity contribution < 1.29 is 9.50 Å². The Balaban J connectivity index is 2.29. The van der Waals surface area contributed by atoms with Gasteiger partial charge in [0.15, 0.2) is 11.6 Å². The van der Waals surface area contributed by atoms with Crippen molar-refractivity contribution in [3.8, 4) is 5.75 Å². The van der Waals surface area contributed by atoms with E-state index in [-0.39, 0.29) is 11.7 Å². The summed E-state index contributed by atoms with van der Waals surface area (Å²) < 4.78 is 13.8. The van der Waals surface area contributed by atoms with Crippen LogP contribution in [0.25, 0.3) is 0 Å². The van der Waals surface area contributed by atoms with Gasteiger partial charge in [-0.15, -0.1) is 0 Å². The molecule has 1 saturated heterocycles. The van der Waals surface area contributed by atoms with Crippen LogP contribution in [0.1, 0.15) is 29.9 Å². The minimum absolute atomic E-state index is 0.175. The zero-order valence-corrected chi connectivity index (χ0v) is 11.0. The minimum Gasteiger partial charge on any atom is -0.505 e. The number of nitrogens with one attached hydrogen (secondary N) is 1. The van der Waals surface area contributed by atoms with Gasteiger partial charge in [0.25, 0.3) is 0 Å². The molecule has 18 heavy (non-hydrogen) atoms. The lowest BCUT2D eigenvalue weighted by Gasteiger charge is -2.24. The summed E-state index contributed by atoms with van der Waals surface area (Å²) in [6.45, 7) is 2.51. The lowest BCUT2D eigenvalue weighted by atomic mass is 9.89. The highest BCUT2D eigenvalue weighted by Crippen LogP contribution is 2.33. The monoisotopic (exact) mass is 252 g/mol. The highest BCUT2D eigenvalue weighted by Gasteiger charge is 2.21. The first-order valence-corrected chi connectivity index (χ1v) is 6.44. The predicted octanol–water partition coefficient (Wildman–Crippen LogP) is 2.06. The van der Waals surface area contributed by atoms with Crippen LogP contribution in [-0.4, -0.2) is 37.2 Å². The first-order valence-electron chi connectivity index (χ1n) is 6.44. The summed E-state index contributed by atoms with van der Waals surface area (Å²) in [5.41, 5.74) is 1.66. The third kappa shape index (κ3) is 3.00. The van der Waals surface area contributed by atoms with Crippen LogP contribution in [0.15, 0.2) is 12.1 Å². The molecule has 1 aliphatic rings. The Labute approximate surface area is 108 Å². The van der Waals surface area contributed by atoms with Crippen molar-refractivity contribution in [3.63, 3.8) is 0 Å². The van der Waals surface area contributed by atoms with Gasteiger partial charge in [-0.3, -0.25) is 0 Å². The molecule has 0 amide bonds. The molecule has 100 valence electrons. The Morgan fingerprint density at radius 3 is 2.83 bits per heavy atom. The molecule has 1 fully saturated rings. The van der Waals surface area contributed by atoms with Gasteiger partial charge >= 0.3 is 0 Å². The minimum atomic E-state index is -0.505. The van der Waals surface area contributed by atoms with Gasteiger partial charge in [0.2, 0.25) is 0 Å². The zero-order chi connectivity index (χ0) is 13.1. The highest BCUT2D eigenvalue weighted by atomic mass is 19.1. The van der Waals surface area contributed by atoms with Crippen LogP contribution >= 0.6 is 0 Å². The van der Waals surface area contributed by atoms with Crippen LogP contribution in [-0.2, 0) is 6.54 Å². The number of benzene rings is 1. The van der Waals surface area contributed by atoms with Gasteiger partial charge < -0.3 is 15.3 Å². The van der Waals surface area contributed by atoms with Crippen molar-refractivity contribution >= 4 is 0 Å². The molecule has 0 saturated carbocycles. The fraction of sp³-hybridized carbons (Fsp3) is 0.571. The summed E-state index contributed by atoms with van der Waals surface area (Å²) in [6.07, 6.45) is 2.08. The Kier molecular flexibility index (Phi) is 4.19. The molecular formula is C14H21FN2O. The number of piperidine rings is 1. The average Bonchev–Trinajstić information content (AvgIpc) is 2.34. The van der Waals surface area contributed by atoms with Crippen LogP contribution in [0.4, 0.5) is 4.39 Å². The normalized spacial score (nSPS) is 20.3. The summed E-state index contributed by atoms with van der Waals surface area (Å²) in [7, 11) is 3.90. The maximum absolute atomic E-state index is 13.8. The number of halogens is 1. The molecule has 0 radical (unpaired) electrons. The quantitative estimate of drug-likeness (QED) is 0.864. The van der Waals surface area contributed by atoms with Gasteiger partial charge in [-0.1, -0.05) is 6.07 Å². The second-order valence-corrected chi connectivity index (χ2v) is 5.30. The fourth-order valence-corrected chi connectivity index (χ4v) is 2.56. The Morgan fingerprint density at radius 2 is 2.22 bits per heavy atom. The van der Waals surface area contributed by atoms with E-state index in [1.54, 1.807) is 0 Å². The number of nitrogens with zero attached hydrogens (tertiary/aromatic N) is 1. The SMILES string of the molecule is CN(C)Cc1cc(F)c(O)c(C2CCCNC2)c1. The summed E-state index contributed by atoms with van der Waals surface area (Å²) >= 11 is 0. The number of phenolic OH excluding ortho intramolecular Hbond substituents is 1. The van der Waals surface area contributed by atoms with E-state index in [2.05, 4.69) is 5.32 Å². The van der Waals surface area contributed by atoms with Crippen LogP contribution in [0.3, 0.4) is 0 Å². The molecule has 2 N–H and O–H groups in total. The molecule has 0 bridgehead atoms. The molecule has 4 heteroatoms. The lowest BCUT2D eigenvalue weighted by Crippen LogP contribution is -2.28. The number of rotatable bonds is 3. The Morgan fingerprint density at radius 1 is 1.44 bits per heavy atom. The maximum atomic E-state index is 13.8. The number of aromatic hydroxyl groups is 1. The standard InChI is InChI=1S/C14H21FN2O/c1-17(2)9-10-6-12(14(18)13(15)7-10)11-4-3-5-16-8-11/h6-7,11,16,18H,3-5,8-9H2,1-2H3. The van der Waals surface area contributed by atoms with Gasteiger partial charge in [0.05, 0.1) is 0 Å². The van der Waals surface area contributed by atoms with Crippen LogP contribution in [0.2, 0.25) is 0 Å². The molecular weight excluding hydrogens is 231 g/mol. The second kappa shape index (κ2) is 5.67. The van der Waals surface area contributed by atoms with Crippen LogP contribution in [0, 0.1) is 5.82 Å². The van der Waals surface area contributed by atoms with E-state index in [1.165, 1.54) is 6.07 Å². The molecule has 3 nitrogen and oxygen atoms in total. The first-order chi connectivity index (χ1) is 8.58. The topological polar surface area (TPSA) is 35.5 Å². The van der Waals surface area contributed by atoms with Gasteiger partial charge in [-0.2, -0.15) is 0 Å². The maximum Gasteiger partial charge on any atom is 0.165 e. The van der Waals surface area contributed by atoms with Gasteiger partial charge in [-0.25, -0.2) is 4.39 Å². The zero-order valence-electron chi connectivity index (χ0n) is 11.0. The molecule has 0 aromatic heterocycles. The predicted molar refractivity (Wildman–Crippen MR) is 70.3 cm³/mol. The molecule has 1 unspecified atom stereocenters.